The summed E-state index contributed by atoms with van der Waals surface area (Å²) in [5.74, 6) is 1.14. The summed E-state index contributed by atoms with van der Waals surface area (Å²) in [6.07, 6.45) is 4.76. The molecule has 0 saturated heterocycles. The van der Waals surface area contributed by atoms with Gasteiger partial charge in [0.15, 0.2) is 5.82 Å². The SMILES string of the molecule is COc1ccc([C@@H](C(=O)NC2CCCC2)N(CCC(C)C)C(=O)CCC(=O)Nc2cc(C)on2)cc1. The number of carbonyl (C=O) groups excluding carboxylic acids is 3. The highest BCUT2D eigenvalue weighted by Crippen LogP contribution is 2.27. The zero-order chi connectivity index (χ0) is 26.1. The molecule has 1 atom stereocenters. The molecule has 0 radical (unpaired) electrons. The van der Waals surface area contributed by atoms with Crippen LogP contribution in [0.25, 0.3) is 0 Å². The predicted octanol–water partition coefficient (Wildman–Crippen LogP) is 4.39. The molecule has 1 aliphatic rings. The standard InChI is InChI=1S/C27H38N4O5/c1-18(2)15-16-31(25(33)14-13-24(32)29-23-17-19(3)36-30-23)26(20-9-11-22(35-4)12-10-20)27(34)28-21-7-5-6-8-21/h9-12,17-18,21,26H,5-8,13-16H2,1-4H3,(H,28,34)(H,29,30,32)/t26-/m0/s1. The zero-order valence-electron chi connectivity index (χ0n) is 21.7. The van der Waals surface area contributed by atoms with Crippen LogP contribution in [-0.4, -0.2) is 47.5 Å². The summed E-state index contributed by atoms with van der Waals surface area (Å²) in [6.45, 7) is 6.30. The second-order valence-corrected chi connectivity index (χ2v) is 9.81. The second kappa shape index (κ2) is 13.1. The average Bonchev–Trinajstić information content (AvgIpc) is 3.51. The summed E-state index contributed by atoms with van der Waals surface area (Å²) in [6, 6.07) is 8.19. The fourth-order valence-electron chi connectivity index (χ4n) is 4.40. The minimum Gasteiger partial charge on any atom is -0.497 e. The van der Waals surface area contributed by atoms with E-state index < -0.39 is 6.04 Å². The first-order valence-electron chi connectivity index (χ1n) is 12.7. The van der Waals surface area contributed by atoms with E-state index in [1.165, 1.54) is 0 Å². The van der Waals surface area contributed by atoms with Gasteiger partial charge >= 0.3 is 0 Å². The van der Waals surface area contributed by atoms with Gasteiger partial charge in [0.2, 0.25) is 17.7 Å². The molecule has 3 amide bonds. The number of hydrogen-bond donors (Lipinski definition) is 2. The van der Waals surface area contributed by atoms with E-state index in [2.05, 4.69) is 29.6 Å². The smallest absolute Gasteiger partial charge is 0.247 e. The lowest BCUT2D eigenvalue weighted by atomic mass is 10.0. The van der Waals surface area contributed by atoms with Crippen LogP contribution in [0, 0.1) is 12.8 Å². The maximum atomic E-state index is 13.6. The molecule has 0 spiro atoms. The molecular weight excluding hydrogens is 460 g/mol. The van der Waals surface area contributed by atoms with Crippen LogP contribution in [0.15, 0.2) is 34.9 Å². The van der Waals surface area contributed by atoms with Gasteiger partial charge in [0.25, 0.3) is 0 Å². The second-order valence-electron chi connectivity index (χ2n) is 9.81. The Kier molecular flexibility index (Phi) is 9.90. The molecule has 1 saturated carbocycles. The summed E-state index contributed by atoms with van der Waals surface area (Å²) < 4.78 is 10.2. The lowest BCUT2D eigenvalue weighted by Crippen LogP contribution is -2.46. The molecule has 1 aliphatic carbocycles. The predicted molar refractivity (Wildman–Crippen MR) is 136 cm³/mol. The van der Waals surface area contributed by atoms with Crippen LogP contribution in [0.2, 0.25) is 0 Å². The van der Waals surface area contributed by atoms with Crippen LogP contribution in [0.4, 0.5) is 5.82 Å². The zero-order valence-corrected chi connectivity index (χ0v) is 21.7. The van der Waals surface area contributed by atoms with E-state index in [4.69, 9.17) is 9.26 Å². The first kappa shape index (κ1) is 27.2. The quantitative estimate of drug-likeness (QED) is 0.449. The topological polar surface area (TPSA) is 114 Å². The number of methoxy groups -OCH3 is 1. The molecule has 196 valence electrons. The molecular formula is C27H38N4O5. The van der Waals surface area contributed by atoms with Crippen LogP contribution in [-0.2, 0) is 14.4 Å². The molecule has 0 bridgehead atoms. The molecule has 36 heavy (non-hydrogen) atoms. The summed E-state index contributed by atoms with van der Waals surface area (Å²) in [5.41, 5.74) is 0.714. The Morgan fingerprint density at radius 1 is 1.14 bits per heavy atom. The van der Waals surface area contributed by atoms with Gasteiger partial charge in [-0.3, -0.25) is 14.4 Å². The van der Waals surface area contributed by atoms with Crippen molar-refractivity contribution < 1.29 is 23.6 Å². The van der Waals surface area contributed by atoms with Crippen molar-refractivity contribution in [2.75, 3.05) is 19.0 Å². The highest BCUT2D eigenvalue weighted by Gasteiger charge is 2.33. The maximum absolute atomic E-state index is 13.6. The number of benzene rings is 1. The highest BCUT2D eigenvalue weighted by molar-refractivity contribution is 5.94. The first-order valence-corrected chi connectivity index (χ1v) is 12.7. The van der Waals surface area contributed by atoms with Gasteiger partial charge < -0.3 is 24.8 Å². The fraction of sp³-hybridized carbons (Fsp3) is 0.556. The Hall–Kier alpha value is -3.36. The first-order chi connectivity index (χ1) is 17.3. The minimum absolute atomic E-state index is 0.0237. The van der Waals surface area contributed by atoms with Crippen LogP contribution >= 0.6 is 0 Å². The number of nitrogens with zero attached hydrogens (tertiary/aromatic N) is 2. The molecule has 0 unspecified atom stereocenters. The summed E-state index contributed by atoms with van der Waals surface area (Å²) in [4.78, 5) is 41.2. The van der Waals surface area contributed by atoms with Crippen LogP contribution in [0.5, 0.6) is 5.75 Å². The van der Waals surface area contributed by atoms with Crippen molar-refractivity contribution in [3.63, 3.8) is 0 Å². The molecule has 9 heteroatoms. The fourth-order valence-corrected chi connectivity index (χ4v) is 4.40. The third-order valence-electron chi connectivity index (χ3n) is 6.42. The van der Waals surface area contributed by atoms with Gasteiger partial charge in [-0.25, -0.2) is 0 Å². The molecule has 2 N–H and O–H groups in total. The Bertz CT molecular complexity index is 1010. The summed E-state index contributed by atoms with van der Waals surface area (Å²) >= 11 is 0. The van der Waals surface area contributed by atoms with Crippen molar-refractivity contribution in [2.45, 2.75) is 77.8 Å². The number of carbonyl (C=O) groups is 3. The third kappa shape index (κ3) is 7.83. The molecule has 2 aromatic rings. The number of aryl methyl sites for hydroxylation is 1. The van der Waals surface area contributed by atoms with E-state index >= 15 is 0 Å². The lowest BCUT2D eigenvalue weighted by molar-refractivity contribution is -0.142. The van der Waals surface area contributed by atoms with E-state index in [1.807, 2.05) is 12.1 Å². The van der Waals surface area contributed by atoms with Gasteiger partial charge in [0.1, 0.15) is 17.6 Å². The van der Waals surface area contributed by atoms with Gasteiger partial charge in [-0.05, 0) is 49.8 Å². The Balaban J connectivity index is 1.79. The third-order valence-corrected chi connectivity index (χ3v) is 6.42. The molecule has 3 rings (SSSR count). The molecule has 0 aliphatic heterocycles. The van der Waals surface area contributed by atoms with Crippen molar-refractivity contribution >= 4 is 23.5 Å². The number of aromatic nitrogens is 1. The van der Waals surface area contributed by atoms with Gasteiger partial charge in [0.05, 0.1) is 7.11 Å². The molecule has 1 heterocycles. The largest absolute Gasteiger partial charge is 0.497 e. The average molecular weight is 499 g/mol. The lowest BCUT2D eigenvalue weighted by Gasteiger charge is -2.33. The van der Waals surface area contributed by atoms with Gasteiger partial charge in [-0.1, -0.05) is 44.0 Å². The maximum Gasteiger partial charge on any atom is 0.247 e. The van der Waals surface area contributed by atoms with E-state index in [-0.39, 0.29) is 36.6 Å². The molecule has 1 aromatic heterocycles. The highest BCUT2D eigenvalue weighted by atomic mass is 16.5. The number of nitrogens with one attached hydrogen (secondary N) is 2. The summed E-state index contributed by atoms with van der Waals surface area (Å²) in [5, 5.41) is 9.57. The van der Waals surface area contributed by atoms with E-state index in [0.29, 0.717) is 35.4 Å². The van der Waals surface area contributed by atoms with E-state index in [1.54, 1.807) is 37.1 Å². The van der Waals surface area contributed by atoms with Gasteiger partial charge in [-0.2, -0.15) is 0 Å². The molecule has 1 fully saturated rings. The van der Waals surface area contributed by atoms with Crippen LogP contribution < -0.4 is 15.4 Å². The van der Waals surface area contributed by atoms with Crippen molar-refractivity contribution in [3.8, 4) is 5.75 Å². The van der Waals surface area contributed by atoms with Crippen molar-refractivity contribution in [1.82, 2.24) is 15.4 Å². The minimum atomic E-state index is -0.788. The number of rotatable bonds is 12. The Morgan fingerprint density at radius 3 is 2.42 bits per heavy atom. The molecule has 1 aromatic carbocycles. The number of ether oxygens (including phenoxy) is 1. The van der Waals surface area contributed by atoms with Crippen molar-refractivity contribution in [2.24, 2.45) is 5.92 Å². The van der Waals surface area contributed by atoms with Crippen molar-refractivity contribution in [3.05, 3.63) is 41.7 Å². The van der Waals surface area contributed by atoms with Gasteiger partial charge in [0, 0.05) is 31.5 Å². The summed E-state index contributed by atoms with van der Waals surface area (Å²) in [7, 11) is 1.59. The van der Waals surface area contributed by atoms with Gasteiger partial charge in [-0.15, -0.1) is 0 Å². The normalized spacial score (nSPS) is 14.5. The monoisotopic (exact) mass is 498 g/mol. The number of hydrogen-bond acceptors (Lipinski definition) is 6. The number of anilines is 1. The Labute approximate surface area is 212 Å². The van der Waals surface area contributed by atoms with E-state index in [0.717, 1.165) is 32.1 Å². The van der Waals surface area contributed by atoms with Crippen molar-refractivity contribution in [1.29, 1.82) is 0 Å². The van der Waals surface area contributed by atoms with Crippen LogP contribution in [0.3, 0.4) is 0 Å². The number of amides is 3. The van der Waals surface area contributed by atoms with E-state index in [9.17, 15) is 14.4 Å². The van der Waals surface area contributed by atoms with Crippen LogP contribution in [0.1, 0.15) is 76.2 Å². The molecule has 9 nitrogen and oxygen atoms in total. The Morgan fingerprint density at radius 2 is 1.83 bits per heavy atom.